The summed E-state index contributed by atoms with van der Waals surface area (Å²) in [5.41, 5.74) is 4.24. The average molecular weight is 173 g/mol. The molecule has 0 saturated heterocycles. The predicted molar refractivity (Wildman–Crippen MR) is 56.7 cm³/mol. The van der Waals surface area contributed by atoms with Gasteiger partial charge in [0.1, 0.15) is 0 Å². The smallest absolute Gasteiger partial charge is 0.0211 e. The molecule has 1 heteroatoms. The summed E-state index contributed by atoms with van der Waals surface area (Å²) in [7, 11) is 0. The molecule has 2 rings (SSSR count). The lowest BCUT2D eigenvalue weighted by molar-refractivity contribution is 0.897. The van der Waals surface area contributed by atoms with Crippen molar-refractivity contribution in [3.63, 3.8) is 0 Å². The lowest BCUT2D eigenvalue weighted by atomic mass is 10.0. The van der Waals surface area contributed by atoms with E-state index in [4.69, 9.17) is 0 Å². The number of hydrogen-bond donors (Lipinski definition) is 1. The second-order valence-electron chi connectivity index (χ2n) is 3.41. The van der Waals surface area contributed by atoms with E-state index in [0.29, 0.717) is 0 Å². The molecule has 0 amide bonds. The lowest BCUT2D eigenvalue weighted by Gasteiger charge is -2.03. The molecule has 1 aromatic rings. The van der Waals surface area contributed by atoms with Crippen molar-refractivity contribution < 1.29 is 0 Å². The van der Waals surface area contributed by atoms with Crippen molar-refractivity contribution in [3.8, 4) is 0 Å². The van der Waals surface area contributed by atoms with Crippen LogP contribution in [0.3, 0.4) is 0 Å². The van der Waals surface area contributed by atoms with E-state index in [0.717, 1.165) is 19.5 Å². The Hall–Kier alpha value is -1.08. The molecule has 0 aliphatic carbocycles. The van der Waals surface area contributed by atoms with Crippen LogP contribution in [0.4, 0.5) is 0 Å². The summed E-state index contributed by atoms with van der Waals surface area (Å²) in [4.78, 5) is 0. The molecular formula is C12H15N. The van der Waals surface area contributed by atoms with Gasteiger partial charge in [0.25, 0.3) is 0 Å². The van der Waals surface area contributed by atoms with E-state index in [1.54, 1.807) is 0 Å². The second-order valence-corrected chi connectivity index (χ2v) is 3.41. The SMILES string of the molecule is CCc1cccc(C2=CCNC2)c1. The molecule has 68 valence electrons. The van der Waals surface area contributed by atoms with Gasteiger partial charge in [-0.2, -0.15) is 0 Å². The van der Waals surface area contributed by atoms with Crippen molar-refractivity contribution in [1.29, 1.82) is 0 Å². The summed E-state index contributed by atoms with van der Waals surface area (Å²) in [6.45, 7) is 4.24. The Morgan fingerprint density at radius 3 is 3.00 bits per heavy atom. The minimum absolute atomic E-state index is 1.02. The van der Waals surface area contributed by atoms with Crippen LogP contribution in [-0.4, -0.2) is 13.1 Å². The average Bonchev–Trinajstić information content (AvgIpc) is 2.71. The van der Waals surface area contributed by atoms with Gasteiger partial charge in [-0.15, -0.1) is 0 Å². The molecular weight excluding hydrogens is 158 g/mol. The van der Waals surface area contributed by atoms with E-state index in [-0.39, 0.29) is 0 Å². The fraction of sp³-hybridized carbons (Fsp3) is 0.333. The van der Waals surface area contributed by atoms with Crippen LogP contribution in [0.25, 0.3) is 5.57 Å². The Balaban J connectivity index is 2.29. The first kappa shape index (κ1) is 8.52. The van der Waals surface area contributed by atoms with Crippen LogP contribution in [0.2, 0.25) is 0 Å². The number of benzene rings is 1. The van der Waals surface area contributed by atoms with Crippen LogP contribution >= 0.6 is 0 Å². The lowest BCUT2D eigenvalue weighted by Crippen LogP contribution is -2.07. The first-order valence-electron chi connectivity index (χ1n) is 4.89. The van der Waals surface area contributed by atoms with Crippen molar-refractivity contribution in [2.45, 2.75) is 13.3 Å². The zero-order valence-corrected chi connectivity index (χ0v) is 8.01. The Morgan fingerprint density at radius 2 is 2.31 bits per heavy atom. The fourth-order valence-electron chi connectivity index (χ4n) is 1.69. The Bertz CT molecular complexity index is 326. The maximum atomic E-state index is 3.32. The van der Waals surface area contributed by atoms with Gasteiger partial charge in [-0.3, -0.25) is 0 Å². The van der Waals surface area contributed by atoms with Gasteiger partial charge in [0.15, 0.2) is 0 Å². The van der Waals surface area contributed by atoms with Crippen LogP contribution in [0.5, 0.6) is 0 Å². The quantitative estimate of drug-likeness (QED) is 0.723. The standard InChI is InChI=1S/C12H15N/c1-2-10-4-3-5-11(8-10)12-6-7-13-9-12/h3-6,8,13H,2,7,9H2,1H3. The predicted octanol–water partition coefficient (Wildman–Crippen LogP) is 2.24. The van der Waals surface area contributed by atoms with Crippen LogP contribution in [0.1, 0.15) is 18.1 Å². The van der Waals surface area contributed by atoms with Gasteiger partial charge in [0.05, 0.1) is 0 Å². The third-order valence-corrected chi connectivity index (χ3v) is 2.51. The maximum Gasteiger partial charge on any atom is 0.0211 e. The highest BCUT2D eigenvalue weighted by Gasteiger charge is 2.05. The molecule has 13 heavy (non-hydrogen) atoms. The fourth-order valence-corrected chi connectivity index (χ4v) is 1.69. The summed E-state index contributed by atoms with van der Waals surface area (Å²) >= 11 is 0. The highest BCUT2D eigenvalue weighted by atomic mass is 14.9. The Labute approximate surface area is 79.5 Å². The molecule has 0 fully saturated rings. The molecule has 0 saturated carbocycles. The van der Waals surface area contributed by atoms with Crippen molar-refractivity contribution in [3.05, 3.63) is 41.5 Å². The summed E-state index contributed by atoms with van der Waals surface area (Å²) in [5, 5.41) is 3.32. The Morgan fingerprint density at radius 1 is 1.38 bits per heavy atom. The second kappa shape index (κ2) is 3.75. The first-order chi connectivity index (χ1) is 6.40. The molecule has 0 atom stereocenters. The molecule has 0 radical (unpaired) electrons. The number of hydrogen-bond acceptors (Lipinski definition) is 1. The van der Waals surface area contributed by atoms with E-state index in [2.05, 4.69) is 42.6 Å². The topological polar surface area (TPSA) is 12.0 Å². The van der Waals surface area contributed by atoms with Crippen LogP contribution < -0.4 is 5.32 Å². The van der Waals surface area contributed by atoms with E-state index >= 15 is 0 Å². The highest BCUT2D eigenvalue weighted by Crippen LogP contribution is 2.17. The highest BCUT2D eigenvalue weighted by molar-refractivity contribution is 5.69. The van der Waals surface area contributed by atoms with E-state index in [1.807, 2.05) is 0 Å². The third-order valence-electron chi connectivity index (χ3n) is 2.51. The van der Waals surface area contributed by atoms with Crippen molar-refractivity contribution in [2.75, 3.05) is 13.1 Å². The van der Waals surface area contributed by atoms with Gasteiger partial charge in [-0.05, 0) is 23.1 Å². The molecule has 0 aromatic heterocycles. The molecule has 0 bridgehead atoms. The molecule has 0 spiro atoms. The minimum atomic E-state index is 1.02. The molecule has 1 aliphatic rings. The zero-order chi connectivity index (χ0) is 9.10. The molecule has 1 aliphatic heterocycles. The van der Waals surface area contributed by atoms with Crippen LogP contribution in [-0.2, 0) is 6.42 Å². The van der Waals surface area contributed by atoms with Gasteiger partial charge >= 0.3 is 0 Å². The van der Waals surface area contributed by atoms with Crippen LogP contribution in [0.15, 0.2) is 30.3 Å². The van der Waals surface area contributed by atoms with Gasteiger partial charge in [0, 0.05) is 13.1 Å². The molecule has 1 heterocycles. The van der Waals surface area contributed by atoms with E-state index in [1.165, 1.54) is 16.7 Å². The van der Waals surface area contributed by atoms with E-state index in [9.17, 15) is 0 Å². The zero-order valence-electron chi connectivity index (χ0n) is 8.01. The Kier molecular flexibility index (Phi) is 2.46. The number of aryl methyl sites for hydroxylation is 1. The van der Waals surface area contributed by atoms with Gasteiger partial charge < -0.3 is 5.32 Å². The maximum absolute atomic E-state index is 3.32. The van der Waals surface area contributed by atoms with Crippen molar-refractivity contribution >= 4 is 5.57 Å². The summed E-state index contributed by atoms with van der Waals surface area (Å²) < 4.78 is 0. The minimum Gasteiger partial charge on any atom is -0.309 e. The molecule has 1 N–H and O–H groups in total. The monoisotopic (exact) mass is 173 g/mol. The van der Waals surface area contributed by atoms with Crippen molar-refractivity contribution in [2.24, 2.45) is 0 Å². The molecule has 1 aromatic carbocycles. The summed E-state index contributed by atoms with van der Waals surface area (Å²) in [6, 6.07) is 8.82. The third kappa shape index (κ3) is 1.81. The summed E-state index contributed by atoms with van der Waals surface area (Å²) in [6.07, 6.45) is 3.39. The summed E-state index contributed by atoms with van der Waals surface area (Å²) in [5.74, 6) is 0. The largest absolute Gasteiger partial charge is 0.309 e. The molecule has 0 unspecified atom stereocenters. The number of nitrogens with one attached hydrogen (secondary N) is 1. The first-order valence-corrected chi connectivity index (χ1v) is 4.89. The van der Waals surface area contributed by atoms with E-state index < -0.39 is 0 Å². The van der Waals surface area contributed by atoms with Gasteiger partial charge in [-0.1, -0.05) is 37.3 Å². The molecule has 1 nitrogen and oxygen atoms in total. The van der Waals surface area contributed by atoms with Gasteiger partial charge in [-0.25, -0.2) is 0 Å². The van der Waals surface area contributed by atoms with Crippen LogP contribution in [0, 0.1) is 0 Å². The van der Waals surface area contributed by atoms with Gasteiger partial charge in [0.2, 0.25) is 0 Å². The van der Waals surface area contributed by atoms with Crippen molar-refractivity contribution in [1.82, 2.24) is 5.32 Å². The normalized spacial score (nSPS) is 15.9. The number of rotatable bonds is 2.